The molecule has 0 saturated heterocycles. The molecular weight excluding hydrogens is 422 g/mol. The van der Waals surface area contributed by atoms with E-state index in [1.54, 1.807) is 48.5 Å². The summed E-state index contributed by atoms with van der Waals surface area (Å²) in [5, 5.41) is 0. The van der Waals surface area contributed by atoms with Gasteiger partial charge in [0.05, 0.1) is 16.9 Å². The maximum Gasteiger partial charge on any atom is 0.266 e. The Morgan fingerprint density at radius 2 is 1.66 bits per heavy atom. The number of amides is 1. The molecular formula is C26H23NO4S. The first-order chi connectivity index (χ1) is 15.4. The van der Waals surface area contributed by atoms with E-state index in [0.717, 1.165) is 33.7 Å². The molecule has 2 atom stereocenters. The van der Waals surface area contributed by atoms with Crippen molar-refractivity contribution in [3.05, 3.63) is 101 Å². The second kappa shape index (κ2) is 7.41. The van der Waals surface area contributed by atoms with E-state index < -0.39 is 21.3 Å². The van der Waals surface area contributed by atoms with Crippen LogP contribution in [-0.2, 0) is 26.8 Å². The van der Waals surface area contributed by atoms with E-state index >= 15 is 0 Å². The Labute approximate surface area is 187 Å². The number of hydrogen-bond donors (Lipinski definition) is 0. The van der Waals surface area contributed by atoms with Crippen molar-refractivity contribution >= 4 is 22.2 Å². The highest BCUT2D eigenvalue weighted by molar-refractivity contribution is 7.89. The Hall–Kier alpha value is -3.25. The second-order valence-electron chi connectivity index (χ2n) is 8.60. The van der Waals surface area contributed by atoms with Gasteiger partial charge in [-0.25, -0.2) is 12.7 Å². The summed E-state index contributed by atoms with van der Waals surface area (Å²) < 4.78 is 28.4. The molecule has 0 N–H and O–H groups in total. The van der Waals surface area contributed by atoms with Crippen molar-refractivity contribution in [2.24, 2.45) is 0 Å². The van der Waals surface area contributed by atoms with Crippen molar-refractivity contribution in [3.8, 4) is 0 Å². The zero-order chi connectivity index (χ0) is 22.5. The third-order valence-electron chi connectivity index (χ3n) is 6.95. The average molecular weight is 446 g/mol. The number of benzene rings is 3. The Morgan fingerprint density at radius 1 is 0.969 bits per heavy atom. The first-order valence-corrected chi connectivity index (χ1v) is 12.1. The van der Waals surface area contributed by atoms with Gasteiger partial charge in [-0.3, -0.25) is 9.59 Å². The van der Waals surface area contributed by atoms with Crippen LogP contribution < -0.4 is 0 Å². The van der Waals surface area contributed by atoms with Crippen molar-refractivity contribution in [3.63, 3.8) is 0 Å². The molecule has 1 aliphatic heterocycles. The fraction of sp³-hybridized carbons (Fsp3) is 0.231. The van der Waals surface area contributed by atoms with Gasteiger partial charge in [0.15, 0.2) is 0 Å². The molecule has 0 radical (unpaired) electrons. The van der Waals surface area contributed by atoms with Gasteiger partial charge in [0, 0.05) is 11.5 Å². The monoisotopic (exact) mass is 445 g/mol. The lowest BCUT2D eigenvalue weighted by molar-refractivity contribution is -0.137. The van der Waals surface area contributed by atoms with Crippen LogP contribution in [-0.4, -0.2) is 24.9 Å². The summed E-state index contributed by atoms with van der Waals surface area (Å²) in [7, 11) is -4.09. The van der Waals surface area contributed by atoms with Crippen LogP contribution in [0.25, 0.3) is 0 Å². The summed E-state index contributed by atoms with van der Waals surface area (Å²) in [6, 6.07) is 21.2. The zero-order valence-electron chi connectivity index (χ0n) is 17.7. The number of rotatable bonds is 4. The molecule has 3 aromatic carbocycles. The van der Waals surface area contributed by atoms with Gasteiger partial charge in [-0.15, -0.1) is 0 Å². The maximum absolute atomic E-state index is 14.2. The predicted molar refractivity (Wildman–Crippen MR) is 121 cm³/mol. The lowest BCUT2D eigenvalue weighted by atomic mass is 9.53. The minimum Gasteiger partial charge on any atom is -0.298 e. The van der Waals surface area contributed by atoms with E-state index in [4.69, 9.17) is 0 Å². The number of hydrogen-bond acceptors (Lipinski definition) is 4. The van der Waals surface area contributed by atoms with Crippen LogP contribution in [0, 0.1) is 6.92 Å². The Balaban J connectivity index is 1.75. The molecule has 3 aromatic rings. The molecule has 5 nitrogen and oxygen atoms in total. The molecule has 1 fully saturated rings. The fourth-order valence-electron chi connectivity index (χ4n) is 5.20. The lowest BCUT2D eigenvalue weighted by Gasteiger charge is -2.49. The second-order valence-corrected chi connectivity index (χ2v) is 10.5. The minimum absolute atomic E-state index is 0.0211. The number of nitrogens with zero attached hydrogens (tertiary/aromatic N) is 1. The Kier molecular flexibility index (Phi) is 4.78. The van der Waals surface area contributed by atoms with Gasteiger partial charge in [0.2, 0.25) is 5.91 Å². The van der Waals surface area contributed by atoms with Crippen LogP contribution in [0.1, 0.15) is 51.4 Å². The quantitative estimate of drug-likeness (QED) is 0.560. The molecule has 0 unspecified atom stereocenters. The first-order valence-electron chi connectivity index (χ1n) is 10.7. The average Bonchev–Trinajstić information content (AvgIpc) is 2.85. The van der Waals surface area contributed by atoms with E-state index in [2.05, 4.69) is 0 Å². The summed E-state index contributed by atoms with van der Waals surface area (Å²) in [6.45, 7) is 1.86. The Bertz CT molecular complexity index is 1330. The topological polar surface area (TPSA) is 71.5 Å². The molecule has 6 heteroatoms. The van der Waals surface area contributed by atoms with Crippen molar-refractivity contribution in [1.82, 2.24) is 4.31 Å². The van der Waals surface area contributed by atoms with E-state index in [0.29, 0.717) is 17.5 Å². The van der Waals surface area contributed by atoms with Crippen molar-refractivity contribution in [1.29, 1.82) is 0 Å². The Morgan fingerprint density at radius 3 is 2.34 bits per heavy atom. The van der Waals surface area contributed by atoms with E-state index in [-0.39, 0.29) is 17.4 Å². The lowest BCUT2D eigenvalue weighted by Crippen LogP contribution is -2.55. The third kappa shape index (κ3) is 2.86. The molecule has 2 aliphatic rings. The minimum atomic E-state index is -4.09. The van der Waals surface area contributed by atoms with Crippen molar-refractivity contribution in [2.45, 2.75) is 42.5 Å². The van der Waals surface area contributed by atoms with Gasteiger partial charge in [-0.1, -0.05) is 66.2 Å². The first kappa shape index (κ1) is 20.6. The normalized spacial score (nSPS) is 22.3. The van der Waals surface area contributed by atoms with Crippen molar-refractivity contribution in [2.75, 3.05) is 0 Å². The van der Waals surface area contributed by atoms with Crippen LogP contribution in [0.2, 0.25) is 0 Å². The van der Waals surface area contributed by atoms with E-state index in [9.17, 15) is 18.0 Å². The summed E-state index contributed by atoms with van der Waals surface area (Å²) in [5.41, 5.74) is 2.70. The molecule has 32 heavy (non-hydrogen) atoms. The van der Waals surface area contributed by atoms with Crippen LogP contribution in [0.3, 0.4) is 0 Å². The zero-order valence-corrected chi connectivity index (χ0v) is 18.5. The highest BCUT2D eigenvalue weighted by Crippen LogP contribution is 2.58. The van der Waals surface area contributed by atoms with Crippen molar-refractivity contribution < 1.29 is 18.0 Å². The van der Waals surface area contributed by atoms with Gasteiger partial charge >= 0.3 is 0 Å². The fourth-order valence-corrected chi connectivity index (χ4v) is 6.62. The van der Waals surface area contributed by atoms with Gasteiger partial charge < -0.3 is 0 Å². The largest absolute Gasteiger partial charge is 0.298 e. The highest BCUT2D eigenvalue weighted by atomic mass is 32.2. The van der Waals surface area contributed by atoms with Crippen LogP contribution >= 0.6 is 0 Å². The summed E-state index contributed by atoms with van der Waals surface area (Å²) in [6.07, 6.45) is 2.01. The summed E-state index contributed by atoms with van der Waals surface area (Å²) >= 11 is 0. The van der Waals surface area contributed by atoms with E-state index in [1.165, 1.54) is 0 Å². The number of aryl methyl sites for hydroxylation is 1. The molecule has 1 heterocycles. The summed E-state index contributed by atoms with van der Waals surface area (Å²) in [4.78, 5) is 26.1. The van der Waals surface area contributed by atoms with E-state index in [1.807, 2.05) is 31.2 Å². The molecule has 1 aliphatic carbocycles. The molecule has 5 rings (SSSR count). The summed E-state index contributed by atoms with van der Waals surface area (Å²) in [5.74, 6) is -0.634. The highest BCUT2D eigenvalue weighted by Gasteiger charge is 2.60. The van der Waals surface area contributed by atoms with Crippen LogP contribution in [0.15, 0.2) is 77.7 Å². The molecule has 0 spiro atoms. The van der Waals surface area contributed by atoms with Gasteiger partial charge in [-0.05, 0) is 48.6 Å². The predicted octanol–water partition coefficient (Wildman–Crippen LogP) is 4.35. The number of carbonyl (C=O) groups is 2. The maximum atomic E-state index is 14.2. The number of carbonyl (C=O) groups excluding carboxylic acids is 2. The number of fused-ring (bicyclic) bond motifs is 3. The molecule has 162 valence electrons. The molecule has 1 saturated carbocycles. The molecule has 0 aromatic heterocycles. The van der Waals surface area contributed by atoms with Gasteiger partial charge in [0.1, 0.15) is 6.29 Å². The SMILES string of the molecule is Cc1ccc(S(=O)(=O)N2Cc3ccccc3[C@@H]3CC[C@]3(c3ccccc3C=O)C2=O)cc1. The third-order valence-corrected chi connectivity index (χ3v) is 8.70. The standard InChI is InChI=1S/C26H23NO4S/c1-18-10-12-21(13-11-18)32(30,31)27-16-19-6-2-4-8-22(19)24-14-15-26(24,25(27)29)23-9-5-3-7-20(23)17-28/h2-13,17,24H,14-16H2,1H3/t24-,26+/m0/s1. The number of aldehydes is 1. The smallest absolute Gasteiger partial charge is 0.266 e. The molecule has 0 bridgehead atoms. The van der Waals surface area contributed by atoms with Crippen LogP contribution in [0.4, 0.5) is 0 Å². The molecule has 1 amide bonds. The van der Waals surface area contributed by atoms with Crippen LogP contribution in [0.5, 0.6) is 0 Å². The number of sulfonamides is 1. The van der Waals surface area contributed by atoms with Gasteiger partial charge in [-0.2, -0.15) is 0 Å². The van der Waals surface area contributed by atoms with Gasteiger partial charge in [0.25, 0.3) is 10.0 Å².